The number of benzene rings is 1. The molecular formula is C23H24N2O4. The van der Waals surface area contributed by atoms with E-state index in [1.54, 1.807) is 32.9 Å². The largest absolute Gasteiger partial charge is 0.503 e. The fourth-order valence-electron chi connectivity index (χ4n) is 3.94. The van der Waals surface area contributed by atoms with Gasteiger partial charge in [0, 0.05) is 35.1 Å². The number of furan rings is 1. The Bertz CT molecular complexity index is 1130. The van der Waals surface area contributed by atoms with Crippen LogP contribution in [0.5, 0.6) is 0 Å². The molecule has 2 aromatic heterocycles. The minimum Gasteiger partial charge on any atom is -0.503 e. The Morgan fingerprint density at radius 3 is 2.55 bits per heavy atom. The average molecular weight is 392 g/mol. The molecule has 0 aliphatic carbocycles. The van der Waals surface area contributed by atoms with Gasteiger partial charge in [-0.05, 0) is 18.2 Å². The van der Waals surface area contributed by atoms with Crippen LogP contribution in [-0.2, 0) is 23.2 Å². The van der Waals surface area contributed by atoms with Crippen LogP contribution in [0.3, 0.4) is 0 Å². The summed E-state index contributed by atoms with van der Waals surface area (Å²) in [6.07, 6.45) is 3.46. The van der Waals surface area contributed by atoms with Gasteiger partial charge in [-0.2, -0.15) is 0 Å². The van der Waals surface area contributed by atoms with Gasteiger partial charge in [-0.15, -0.1) is 0 Å². The summed E-state index contributed by atoms with van der Waals surface area (Å²) in [5.41, 5.74) is 1.19. The van der Waals surface area contributed by atoms with Crippen LogP contribution < -0.4 is 0 Å². The predicted molar refractivity (Wildman–Crippen MR) is 109 cm³/mol. The maximum absolute atomic E-state index is 13.3. The van der Waals surface area contributed by atoms with E-state index in [0.717, 1.165) is 16.5 Å². The fraction of sp³-hybridized carbons (Fsp3) is 0.304. The number of carbonyl (C=O) groups excluding carboxylic acids is 2. The van der Waals surface area contributed by atoms with E-state index in [2.05, 4.69) is 0 Å². The zero-order chi connectivity index (χ0) is 20.9. The number of aliphatic hydroxyl groups excluding tert-OH is 1. The first kappa shape index (κ1) is 19.1. The van der Waals surface area contributed by atoms with Crippen molar-refractivity contribution in [1.82, 2.24) is 9.47 Å². The average Bonchev–Trinajstić information content (AvgIpc) is 3.36. The van der Waals surface area contributed by atoms with Crippen LogP contribution in [0.1, 0.15) is 38.1 Å². The molecular weight excluding hydrogens is 368 g/mol. The summed E-state index contributed by atoms with van der Waals surface area (Å²) >= 11 is 0. The minimum absolute atomic E-state index is 0.144. The number of amides is 1. The first-order chi connectivity index (χ1) is 13.7. The van der Waals surface area contributed by atoms with E-state index in [-0.39, 0.29) is 17.9 Å². The Morgan fingerprint density at radius 2 is 1.90 bits per heavy atom. The molecule has 1 aliphatic rings. The number of carbonyl (C=O) groups is 2. The third-order valence-electron chi connectivity index (χ3n) is 5.36. The molecule has 0 fully saturated rings. The summed E-state index contributed by atoms with van der Waals surface area (Å²) in [4.78, 5) is 27.8. The Labute approximate surface area is 169 Å². The molecule has 1 unspecified atom stereocenters. The molecule has 0 spiro atoms. The van der Waals surface area contributed by atoms with Gasteiger partial charge in [0.25, 0.3) is 5.91 Å². The minimum atomic E-state index is -0.743. The van der Waals surface area contributed by atoms with E-state index < -0.39 is 23.1 Å². The molecule has 6 heteroatoms. The number of para-hydroxylation sites is 1. The molecule has 3 heterocycles. The fourth-order valence-corrected chi connectivity index (χ4v) is 3.94. The van der Waals surface area contributed by atoms with Gasteiger partial charge >= 0.3 is 0 Å². The van der Waals surface area contributed by atoms with Crippen molar-refractivity contribution in [3.63, 3.8) is 0 Å². The molecule has 150 valence electrons. The highest BCUT2D eigenvalue weighted by Gasteiger charge is 2.47. The first-order valence-corrected chi connectivity index (χ1v) is 9.55. The van der Waals surface area contributed by atoms with Gasteiger partial charge in [-0.3, -0.25) is 9.59 Å². The molecule has 0 radical (unpaired) electrons. The number of aryl methyl sites for hydroxylation is 1. The molecule has 29 heavy (non-hydrogen) atoms. The summed E-state index contributed by atoms with van der Waals surface area (Å²) in [5.74, 6) is -0.703. The number of fused-ring (bicyclic) bond motifs is 1. The number of ketones is 1. The predicted octanol–water partition coefficient (Wildman–Crippen LogP) is 4.28. The molecule has 3 aromatic rings. The van der Waals surface area contributed by atoms with E-state index in [4.69, 9.17) is 4.42 Å². The molecule has 1 N–H and O–H groups in total. The van der Waals surface area contributed by atoms with Gasteiger partial charge in [-0.25, -0.2) is 0 Å². The van der Waals surface area contributed by atoms with Crippen molar-refractivity contribution in [2.24, 2.45) is 12.5 Å². The molecule has 6 nitrogen and oxygen atoms in total. The van der Waals surface area contributed by atoms with Crippen LogP contribution in [0.4, 0.5) is 0 Å². The van der Waals surface area contributed by atoms with Gasteiger partial charge in [0.15, 0.2) is 11.5 Å². The second kappa shape index (κ2) is 6.65. The smallest absolute Gasteiger partial charge is 0.290 e. The quantitative estimate of drug-likeness (QED) is 0.719. The number of hydrogen-bond acceptors (Lipinski definition) is 4. The maximum atomic E-state index is 13.3. The number of aromatic nitrogens is 1. The van der Waals surface area contributed by atoms with Crippen molar-refractivity contribution in [2.45, 2.75) is 33.4 Å². The number of hydrogen-bond donors (Lipinski definition) is 1. The third kappa shape index (κ3) is 3.05. The molecule has 1 aliphatic heterocycles. The van der Waals surface area contributed by atoms with E-state index in [9.17, 15) is 14.7 Å². The molecule has 1 aromatic carbocycles. The van der Waals surface area contributed by atoms with E-state index in [1.165, 1.54) is 11.2 Å². The van der Waals surface area contributed by atoms with E-state index in [1.807, 2.05) is 42.1 Å². The van der Waals surface area contributed by atoms with Crippen LogP contribution >= 0.6 is 0 Å². The van der Waals surface area contributed by atoms with Crippen LogP contribution in [0.2, 0.25) is 0 Å². The lowest BCUT2D eigenvalue weighted by Gasteiger charge is -2.28. The summed E-state index contributed by atoms with van der Waals surface area (Å²) < 4.78 is 7.40. The molecule has 0 saturated carbocycles. The third-order valence-corrected chi connectivity index (χ3v) is 5.36. The second-order valence-electron chi connectivity index (χ2n) is 8.47. The number of aliphatic hydroxyl groups is 1. The Hall–Kier alpha value is -3.28. The van der Waals surface area contributed by atoms with Gasteiger partial charge in [0.2, 0.25) is 0 Å². The summed E-state index contributed by atoms with van der Waals surface area (Å²) in [6.45, 7) is 5.52. The lowest BCUT2D eigenvalue weighted by Crippen LogP contribution is -2.32. The zero-order valence-electron chi connectivity index (χ0n) is 17.0. The molecule has 0 saturated heterocycles. The maximum Gasteiger partial charge on any atom is 0.290 e. The normalized spacial score (nSPS) is 17.6. The number of nitrogens with zero attached hydrogens (tertiary/aromatic N) is 2. The van der Waals surface area contributed by atoms with Crippen molar-refractivity contribution < 1.29 is 19.1 Å². The zero-order valence-corrected chi connectivity index (χ0v) is 17.0. The Morgan fingerprint density at radius 1 is 1.17 bits per heavy atom. The topological polar surface area (TPSA) is 75.7 Å². The van der Waals surface area contributed by atoms with Crippen LogP contribution in [-0.4, -0.2) is 26.3 Å². The van der Waals surface area contributed by atoms with Crippen molar-refractivity contribution in [1.29, 1.82) is 0 Å². The highest BCUT2D eigenvalue weighted by Crippen LogP contribution is 2.44. The Kier molecular flexibility index (Phi) is 4.37. The summed E-state index contributed by atoms with van der Waals surface area (Å²) in [7, 11) is 1.92. The monoisotopic (exact) mass is 392 g/mol. The SMILES string of the molecule is Cn1cc(C2C(C(=O)C(C)(C)C)=C(O)C(=O)N2Cc2ccco2)c2ccccc21. The molecule has 1 amide bonds. The Balaban J connectivity index is 1.92. The second-order valence-corrected chi connectivity index (χ2v) is 8.47. The van der Waals surface area contributed by atoms with Gasteiger partial charge in [0.05, 0.1) is 24.4 Å². The van der Waals surface area contributed by atoms with Crippen LogP contribution in [0.15, 0.2) is 64.6 Å². The van der Waals surface area contributed by atoms with Crippen molar-refractivity contribution in [3.05, 3.63) is 71.5 Å². The summed E-state index contributed by atoms with van der Waals surface area (Å²) in [5, 5.41) is 11.7. The van der Waals surface area contributed by atoms with Crippen molar-refractivity contribution in [2.75, 3.05) is 0 Å². The van der Waals surface area contributed by atoms with Crippen molar-refractivity contribution in [3.8, 4) is 0 Å². The number of rotatable bonds is 4. The highest BCUT2D eigenvalue weighted by molar-refractivity contribution is 6.11. The van der Waals surface area contributed by atoms with Gasteiger partial charge in [0.1, 0.15) is 5.76 Å². The number of Topliss-reactive ketones (excluding diaryl/α,β-unsaturated/α-hetero) is 1. The molecule has 1 atom stereocenters. The van der Waals surface area contributed by atoms with E-state index >= 15 is 0 Å². The van der Waals surface area contributed by atoms with Gasteiger partial charge in [-0.1, -0.05) is 39.0 Å². The lowest BCUT2D eigenvalue weighted by atomic mass is 9.82. The van der Waals surface area contributed by atoms with Crippen LogP contribution in [0, 0.1) is 5.41 Å². The molecule has 0 bridgehead atoms. The van der Waals surface area contributed by atoms with Crippen LogP contribution in [0.25, 0.3) is 10.9 Å². The van der Waals surface area contributed by atoms with Crippen molar-refractivity contribution >= 4 is 22.6 Å². The summed E-state index contributed by atoms with van der Waals surface area (Å²) in [6, 6.07) is 10.7. The van der Waals surface area contributed by atoms with E-state index in [0.29, 0.717) is 5.76 Å². The van der Waals surface area contributed by atoms with Gasteiger partial charge < -0.3 is 19.0 Å². The lowest BCUT2D eigenvalue weighted by molar-refractivity contribution is -0.130. The first-order valence-electron chi connectivity index (χ1n) is 9.55. The highest BCUT2D eigenvalue weighted by atomic mass is 16.3. The molecule has 4 rings (SSSR count). The standard InChI is InChI=1S/C23H24N2O4/c1-23(2,3)21(27)18-19(16-13-24(4)17-10-6-5-9-15(16)17)25(22(28)20(18)26)12-14-8-7-11-29-14/h5-11,13,19,26H,12H2,1-4H3.